The smallest absolute Gasteiger partial charge is 0.185 e. The number of carbonyl (C=O) groups excluding carboxylic acids is 1. The van der Waals surface area contributed by atoms with Gasteiger partial charge in [0.2, 0.25) is 0 Å². The van der Waals surface area contributed by atoms with Gasteiger partial charge in [0.15, 0.2) is 23.8 Å². The summed E-state index contributed by atoms with van der Waals surface area (Å²) >= 11 is 1.61. The lowest BCUT2D eigenvalue weighted by Gasteiger charge is -2.28. The second-order valence-electron chi connectivity index (χ2n) is 9.89. The Labute approximate surface area is 233 Å². The van der Waals surface area contributed by atoms with E-state index in [-0.39, 0.29) is 11.8 Å². The first-order valence-electron chi connectivity index (χ1n) is 12.9. The molecule has 1 unspecified atom stereocenters. The van der Waals surface area contributed by atoms with Crippen molar-refractivity contribution in [3.8, 4) is 17.5 Å². The van der Waals surface area contributed by atoms with Crippen LogP contribution in [0.4, 0.5) is 11.5 Å². The van der Waals surface area contributed by atoms with Crippen molar-refractivity contribution in [2.24, 2.45) is 10.9 Å². The number of amidine groups is 1. The Kier molecular flexibility index (Phi) is 8.86. The first kappa shape index (κ1) is 28.1. The van der Waals surface area contributed by atoms with Gasteiger partial charge in [0.05, 0.1) is 41.0 Å². The number of nitriles is 1. The Balaban J connectivity index is 1.78. The lowest BCUT2D eigenvalue weighted by Crippen LogP contribution is -2.35. The van der Waals surface area contributed by atoms with E-state index < -0.39 is 6.04 Å². The van der Waals surface area contributed by atoms with Crippen molar-refractivity contribution in [1.82, 2.24) is 30.2 Å². The molecule has 39 heavy (non-hydrogen) atoms. The highest BCUT2D eigenvalue weighted by atomic mass is 32.2. The van der Waals surface area contributed by atoms with Gasteiger partial charge in [-0.25, -0.2) is 24.9 Å². The molecule has 11 heteroatoms. The van der Waals surface area contributed by atoms with Crippen molar-refractivity contribution in [2.45, 2.75) is 63.9 Å². The van der Waals surface area contributed by atoms with Crippen molar-refractivity contribution in [3.05, 3.63) is 47.4 Å². The van der Waals surface area contributed by atoms with Crippen molar-refractivity contribution < 1.29 is 4.79 Å². The van der Waals surface area contributed by atoms with Crippen LogP contribution in [0.1, 0.15) is 55.4 Å². The zero-order chi connectivity index (χ0) is 28.1. The summed E-state index contributed by atoms with van der Waals surface area (Å²) in [5.41, 5.74) is 4.34. The van der Waals surface area contributed by atoms with Crippen LogP contribution in [0.3, 0.4) is 0 Å². The summed E-state index contributed by atoms with van der Waals surface area (Å²) < 4.78 is 0. The molecule has 202 valence electrons. The van der Waals surface area contributed by atoms with Gasteiger partial charge in [0.1, 0.15) is 18.1 Å². The molecule has 3 heterocycles. The van der Waals surface area contributed by atoms with E-state index in [0.29, 0.717) is 41.8 Å². The van der Waals surface area contributed by atoms with Gasteiger partial charge in [-0.2, -0.15) is 5.26 Å². The Bertz CT molecular complexity index is 1410. The van der Waals surface area contributed by atoms with Crippen LogP contribution in [-0.4, -0.2) is 56.4 Å². The minimum absolute atomic E-state index is 0.0263. The SMILES string of the molecule is CSc1ccc(CN/C(C=O)=N/c2c(C)nc(-c3c(C)ncnc3C3CC3)nc2N(C)C(C#N)C(C)C)nc1. The monoisotopic (exact) mass is 543 g/mol. The number of aromatic nitrogens is 5. The molecule has 4 rings (SSSR count). The molecule has 10 nitrogen and oxygen atoms in total. The highest BCUT2D eigenvalue weighted by Crippen LogP contribution is 2.44. The fraction of sp³-hybridized carbons (Fsp3) is 0.429. The van der Waals surface area contributed by atoms with E-state index in [4.69, 9.17) is 9.97 Å². The molecule has 0 bridgehead atoms. The Morgan fingerprint density at radius 1 is 1.23 bits per heavy atom. The number of carbonyl (C=O) groups is 1. The molecule has 1 atom stereocenters. The molecular weight excluding hydrogens is 510 g/mol. The van der Waals surface area contributed by atoms with E-state index in [9.17, 15) is 10.1 Å². The van der Waals surface area contributed by atoms with Crippen LogP contribution in [0.2, 0.25) is 0 Å². The number of anilines is 1. The molecule has 3 aromatic heterocycles. The fourth-order valence-electron chi connectivity index (χ4n) is 4.34. The number of thioether (sulfide) groups is 1. The standard InChI is InChI=1S/C28H33N9OS/c1-16(2)22(11-29)37(5)28-25(35-23(14-38)31-12-20-9-10-21(39-6)13-30-20)18(4)34-27(36-28)24-17(3)32-15-33-26(24)19-7-8-19/h9-10,13-16,19,22H,7-8,12H2,1-6H3,(H,31,35). The summed E-state index contributed by atoms with van der Waals surface area (Å²) in [6, 6.07) is 5.80. The van der Waals surface area contributed by atoms with Gasteiger partial charge in [-0.15, -0.1) is 11.8 Å². The number of pyridine rings is 1. The van der Waals surface area contributed by atoms with E-state index in [1.54, 1.807) is 24.3 Å². The number of rotatable bonds is 10. The summed E-state index contributed by atoms with van der Waals surface area (Å²) in [6.07, 6.45) is 8.18. The van der Waals surface area contributed by atoms with Gasteiger partial charge in [-0.05, 0) is 51.0 Å². The molecule has 3 aromatic rings. The average Bonchev–Trinajstić information content (AvgIpc) is 3.77. The zero-order valence-electron chi connectivity index (χ0n) is 23.1. The van der Waals surface area contributed by atoms with Crippen LogP contribution in [-0.2, 0) is 11.3 Å². The van der Waals surface area contributed by atoms with Crippen LogP contribution in [0.15, 0.2) is 34.5 Å². The average molecular weight is 544 g/mol. The van der Waals surface area contributed by atoms with Gasteiger partial charge >= 0.3 is 0 Å². The largest absolute Gasteiger partial charge is 0.362 e. The molecular formula is C28H33N9OS. The summed E-state index contributed by atoms with van der Waals surface area (Å²) in [6.45, 7) is 8.05. The number of aryl methyl sites for hydroxylation is 2. The Morgan fingerprint density at radius 2 is 2.00 bits per heavy atom. The van der Waals surface area contributed by atoms with Crippen LogP contribution >= 0.6 is 11.8 Å². The summed E-state index contributed by atoms with van der Waals surface area (Å²) in [5, 5.41) is 13.0. The molecule has 1 aliphatic rings. The molecule has 0 spiro atoms. The Hall–Kier alpha value is -3.91. The molecule has 0 amide bonds. The van der Waals surface area contributed by atoms with Crippen molar-refractivity contribution in [2.75, 3.05) is 18.2 Å². The molecule has 0 aliphatic heterocycles. The van der Waals surface area contributed by atoms with E-state index in [2.05, 4.69) is 31.3 Å². The zero-order valence-corrected chi connectivity index (χ0v) is 24.0. The number of aldehydes is 1. The predicted molar refractivity (Wildman–Crippen MR) is 153 cm³/mol. The lowest BCUT2D eigenvalue weighted by atomic mass is 10.0. The first-order chi connectivity index (χ1) is 18.8. The molecule has 0 aromatic carbocycles. The normalized spacial score (nSPS) is 14.2. The summed E-state index contributed by atoms with van der Waals surface area (Å²) in [5.74, 6) is 1.48. The Morgan fingerprint density at radius 3 is 2.59 bits per heavy atom. The van der Waals surface area contributed by atoms with Crippen LogP contribution in [0, 0.1) is 31.1 Å². The predicted octanol–water partition coefficient (Wildman–Crippen LogP) is 4.55. The van der Waals surface area contributed by atoms with E-state index in [1.165, 1.54) is 0 Å². The summed E-state index contributed by atoms with van der Waals surface area (Å²) in [7, 11) is 1.82. The van der Waals surface area contributed by atoms with Crippen LogP contribution < -0.4 is 10.2 Å². The maximum absolute atomic E-state index is 12.0. The number of aliphatic imine (C=N–C) groups is 1. The number of hydrogen-bond acceptors (Lipinski definition) is 10. The van der Waals surface area contributed by atoms with Gasteiger partial charge < -0.3 is 10.2 Å². The van der Waals surface area contributed by atoms with Gasteiger partial charge in [-0.3, -0.25) is 9.78 Å². The number of nitrogens with zero attached hydrogens (tertiary/aromatic N) is 8. The molecule has 1 saturated carbocycles. The molecule has 1 N–H and O–H groups in total. The van der Waals surface area contributed by atoms with E-state index in [1.807, 2.05) is 58.0 Å². The molecule has 1 aliphatic carbocycles. The minimum atomic E-state index is -0.469. The molecule has 1 fully saturated rings. The highest BCUT2D eigenvalue weighted by molar-refractivity contribution is 7.98. The number of nitrogens with one attached hydrogen (secondary N) is 1. The second kappa shape index (κ2) is 12.3. The maximum Gasteiger partial charge on any atom is 0.185 e. The first-order valence-corrected chi connectivity index (χ1v) is 14.1. The third-order valence-electron chi connectivity index (χ3n) is 6.64. The van der Waals surface area contributed by atoms with Gasteiger partial charge in [-0.1, -0.05) is 13.8 Å². The lowest BCUT2D eigenvalue weighted by molar-refractivity contribution is -0.102. The summed E-state index contributed by atoms with van der Waals surface area (Å²) in [4.78, 5) is 42.7. The van der Waals surface area contributed by atoms with Gasteiger partial charge in [0.25, 0.3) is 0 Å². The topological polar surface area (TPSA) is 133 Å². The second-order valence-corrected chi connectivity index (χ2v) is 10.8. The van der Waals surface area contributed by atoms with Crippen LogP contribution in [0.5, 0.6) is 0 Å². The van der Waals surface area contributed by atoms with E-state index in [0.717, 1.165) is 40.4 Å². The fourth-order valence-corrected chi connectivity index (χ4v) is 4.70. The van der Waals surface area contributed by atoms with Crippen LogP contribution in [0.25, 0.3) is 11.4 Å². The number of hydrogen-bond donors (Lipinski definition) is 1. The molecule has 0 saturated heterocycles. The minimum Gasteiger partial charge on any atom is -0.362 e. The van der Waals surface area contributed by atoms with Crippen molar-refractivity contribution >= 4 is 35.4 Å². The van der Waals surface area contributed by atoms with Crippen molar-refractivity contribution in [3.63, 3.8) is 0 Å². The quantitative estimate of drug-likeness (QED) is 0.168. The van der Waals surface area contributed by atoms with E-state index >= 15 is 0 Å². The third kappa shape index (κ3) is 6.40. The highest BCUT2D eigenvalue weighted by Gasteiger charge is 2.31. The third-order valence-corrected chi connectivity index (χ3v) is 7.35. The van der Waals surface area contributed by atoms with Crippen molar-refractivity contribution in [1.29, 1.82) is 5.26 Å². The molecule has 0 radical (unpaired) electrons. The van der Waals surface area contributed by atoms with Gasteiger partial charge in [0, 0.05) is 24.1 Å². The maximum atomic E-state index is 12.0.